The van der Waals surface area contributed by atoms with Crippen molar-refractivity contribution in [1.82, 2.24) is 0 Å². The molecule has 0 spiro atoms. The number of benzene rings is 2. The first-order chi connectivity index (χ1) is 12.1. The van der Waals surface area contributed by atoms with Gasteiger partial charge in [0.15, 0.2) is 0 Å². The van der Waals surface area contributed by atoms with Gasteiger partial charge in [-0.15, -0.1) is 0 Å². The second kappa shape index (κ2) is 9.68. The summed E-state index contributed by atoms with van der Waals surface area (Å²) in [6, 6.07) is 14.4. The Bertz CT molecular complexity index is 719. The van der Waals surface area contributed by atoms with E-state index in [1.54, 1.807) is 24.3 Å². The first kappa shape index (κ1) is 18.8. The Morgan fingerprint density at radius 3 is 2.28 bits per heavy atom. The highest BCUT2D eigenvalue weighted by Gasteiger charge is 2.05. The van der Waals surface area contributed by atoms with Gasteiger partial charge in [-0.2, -0.15) is 0 Å². The molecule has 6 nitrogen and oxygen atoms in total. The maximum Gasteiger partial charge on any atom is 0.411 e. The van der Waals surface area contributed by atoms with Gasteiger partial charge < -0.3 is 14.8 Å². The molecule has 25 heavy (non-hydrogen) atoms. The normalized spacial score (nSPS) is 10.0. The summed E-state index contributed by atoms with van der Waals surface area (Å²) < 4.78 is 11.0. The lowest BCUT2D eigenvalue weighted by molar-refractivity contribution is -0.116. The molecule has 0 aromatic heterocycles. The molecular formula is C18H19BrN2O4. The maximum atomic E-state index is 11.9. The molecule has 2 amide bonds. The summed E-state index contributed by atoms with van der Waals surface area (Å²) in [5.74, 6) is 0.668. The van der Waals surface area contributed by atoms with E-state index in [0.717, 1.165) is 10.2 Å². The Labute approximate surface area is 154 Å². The van der Waals surface area contributed by atoms with E-state index in [1.807, 2.05) is 24.3 Å². The van der Waals surface area contributed by atoms with Crippen LogP contribution in [-0.2, 0) is 9.53 Å². The van der Waals surface area contributed by atoms with Crippen LogP contribution in [0.2, 0.25) is 0 Å². The monoisotopic (exact) mass is 406 g/mol. The average molecular weight is 407 g/mol. The largest absolute Gasteiger partial charge is 0.492 e. The number of carbonyl (C=O) groups excluding carboxylic acids is 2. The number of methoxy groups -OCH3 is 1. The summed E-state index contributed by atoms with van der Waals surface area (Å²) in [6.07, 6.45) is 0.420. The first-order valence-corrected chi connectivity index (χ1v) is 8.50. The zero-order chi connectivity index (χ0) is 18.1. The first-order valence-electron chi connectivity index (χ1n) is 7.70. The number of rotatable bonds is 7. The molecule has 0 aliphatic heterocycles. The second-order valence-electron chi connectivity index (χ2n) is 5.12. The quantitative estimate of drug-likeness (QED) is 0.666. The van der Waals surface area contributed by atoms with Crippen molar-refractivity contribution in [2.45, 2.75) is 12.8 Å². The fraction of sp³-hybridized carbons (Fsp3) is 0.222. The van der Waals surface area contributed by atoms with Gasteiger partial charge in [-0.25, -0.2) is 4.79 Å². The van der Waals surface area contributed by atoms with Gasteiger partial charge in [0.05, 0.1) is 18.2 Å². The summed E-state index contributed by atoms with van der Waals surface area (Å²) in [5.41, 5.74) is 1.25. The summed E-state index contributed by atoms with van der Waals surface area (Å²) in [7, 11) is 1.30. The van der Waals surface area contributed by atoms with Crippen molar-refractivity contribution in [3.63, 3.8) is 0 Å². The van der Waals surface area contributed by atoms with Crippen LogP contribution in [0.25, 0.3) is 0 Å². The van der Waals surface area contributed by atoms with Gasteiger partial charge in [0.25, 0.3) is 0 Å². The van der Waals surface area contributed by atoms with Gasteiger partial charge in [-0.05, 0) is 58.7 Å². The van der Waals surface area contributed by atoms with Crippen molar-refractivity contribution in [3.8, 4) is 5.75 Å². The van der Waals surface area contributed by atoms with Gasteiger partial charge in [0.2, 0.25) is 5.91 Å². The molecule has 0 saturated heterocycles. The highest BCUT2D eigenvalue weighted by molar-refractivity contribution is 9.10. The van der Waals surface area contributed by atoms with Gasteiger partial charge >= 0.3 is 6.09 Å². The van der Waals surface area contributed by atoms with Crippen LogP contribution in [0, 0.1) is 0 Å². The smallest absolute Gasteiger partial charge is 0.411 e. The molecule has 0 unspecified atom stereocenters. The minimum absolute atomic E-state index is 0.0931. The summed E-state index contributed by atoms with van der Waals surface area (Å²) in [5, 5.41) is 5.34. The van der Waals surface area contributed by atoms with Crippen molar-refractivity contribution in [2.24, 2.45) is 0 Å². The Hall–Kier alpha value is -2.54. The van der Waals surface area contributed by atoms with Crippen LogP contribution in [0.15, 0.2) is 53.0 Å². The number of nitrogens with one attached hydrogen (secondary N) is 2. The van der Waals surface area contributed by atoms with E-state index >= 15 is 0 Å². The molecule has 0 radical (unpaired) electrons. The molecule has 2 aromatic rings. The fourth-order valence-corrected chi connectivity index (χ4v) is 2.41. The SMILES string of the molecule is COC(=O)Nc1ccc(NC(=O)CCCOc2ccccc2Br)cc1. The molecule has 2 aromatic carbocycles. The van der Waals surface area contributed by atoms with Crippen molar-refractivity contribution in [2.75, 3.05) is 24.4 Å². The van der Waals surface area contributed by atoms with Gasteiger partial charge in [-0.1, -0.05) is 12.1 Å². The number of carbonyl (C=O) groups is 2. The summed E-state index contributed by atoms with van der Waals surface area (Å²) in [6.45, 7) is 0.456. The highest BCUT2D eigenvalue weighted by Crippen LogP contribution is 2.23. The topological polar surface area (TPSA) is 76.7 Å². The van der Waals surface area contributed by atoms with Gasteiger partial charge in [-0.3, -0.25) is 10.1 Å². The highest BCUT2D eigenvalue weighted by atomic mass is 79.9. The lowest BCUT2D eigenvalue weighted by atomic mass is 10.2. The standard InChI is InChI=1S/C18H19BrN2O4/c1-24-18(23)21-14-10-8-13(9-11-14)20-17(22)7-4-12-25-16-6-3-2-5-15(16)19/h2-3,5-6,8-11H,4,7,12H2,1H3,(H,20,22)(H,21,23). The van der Waals surface area contributed by atoms with Crippen LogP contribution in [0.1, 0.15) is 12.8 Å². The lowest BCUT2D eigenvalue weighted by Gasteiger charge is -2.09. The molecule has 0 aliphatic carbocycles. The minimum atomic E-state index is -0.540. The van der Waals surface area contributed by atoms with Crippen molar-refractivity contribution >= 4 is 39.3 Å². The van der Waals surface area contributed by atoms with Gasteiger partial charge in [0, 0.05) is 17.8 Å². The lowest BCUT2D eigenvalue weighted by Crippen LogP contribution is -2.13. The molecule has 0 heterocycles. The Morgan fingerprint density at radius 1 is 1.00 bits per heavy atom. The van der Waals surface area contributed by atoms with Crippen LogP contribution in [0.4, 0.5) is 16.2 Å². The number of anilines is 2. The number of hydrogen-bond donors (Lipinski definition) is 2. The number of ether oxygens (including phenoxy) is 2. The maximum absolute atomic E-state index is 11.9. The third kappa shape index (κ3) is 6.46. The van der Waals surface area contributed by atoms with Crippen LogP contribution >= 0.6 is 15.9 Å². The van der Waals surface area contributed by atoms with E-state index in [2.05, 4.69) is 31.3 Å². The predicted molar refractivity (Wildman–Crippen MR) is 100.0 cm³/mol. The molecule has 0 bridgehead atoms. The minimum Gasteiger partial charge on any atom is -0.492 e. The van der Waals surface area contributed by atoms with E-state index in [1.165, 1.54) is 7.11 Å². The van der Waals surface area contributed by atoms with Crippen LogP contribution < -0.4 is 15.4 Å². The molecule has 0 atom stereocenters. The van der Waals surface area contributed by atoms with Crippen molar-refractivity contribution < 1.29 is 19.1 Å². The number of hydrogen-bond acceptors (Lipinski definition) is 4. The molecule has 0 aliphatic rings. The average Bonchev–Trinajstić information content (AvgIpc) is 2.61. The molecular weight excluding hydrogens is 388 g/mol. The predicted octanol–water partition coefficient (Wildman–Crippen LogP) is 4.43. The Kier molecular flexibility index (Phi) is 7.28. The fourth-order valence-electron chi connectivity index (χ4n) is 2.01. The van der Waals surface area contributed by atoms with Crippen LogP contribution in [-0.4, -0.2) is 25.7 Å². The number of amides is 2. The molecule has 7 heteroatoms. The molecule has 132 valence electrons. The summed E-state index contributed by atoms with van der Waals surface area (Å²) >= 11 is 3.41. The third-order valence-electron chi connectivity index (χ3n) is 3.24. The van der Waals surface area contributed by atoms with Crippen molar-refractivity contribution in [3.05, 3.63) is 53.0 Å². The van der Waals surface area contributed by atoms with E-state index < -0.39 is 6.09 Å². The molecule has 2 rings (SSSR count). The number of para-hydroxylation sites is 1. The molecule has 0 fully saturated rings. The van der Waals surface area contributed by atoms with Gasteiger partial charge in [0.1, 0.15) is 5.75 Å². The van der Waals surface area contributed by atoms with Crippen molar-refractivity contribution in [1.29, 1.82) is 0 Å². The summed E-state index contributed by atoms with van der Waals surface area (Å²) in [4.78, 5) is 23.0. The van der Waals surface area contributed by atoms with E-state index in [0.29, 0.717) is 30.8 Å². The van der Waals surface area contributed by atoms with E-state index in [4.69, 9.17) is 4.74 Å². The molecule has 2 N–H and O–H groups in total. The Balaban J connectivity index is 1.71. The Morgan fingerprint density at radius 2 is 1.64 bits per heavy atom. The third-order valence-corrected chi connectivity index (χ3v) is 3.90. The van der Waals surface area contributed by atoms with E-state index in [-0.39, 0.29) is 5.91 Å². The van der Waals surface area contributed by atoms with Crippen LogP contribution in [0.3, 0.4) is 0 Å². The molecule has 0 saturated carbocycles. The zero-order valence-electron chi connectivity index (χ0n) is 13.8. The second-order valence-corrected chi connectivity index (χ2v) is 5.98. The number of halogens is 1. The zero-order valence-corrected chi connectivity index (χ0v) is 15.3. The van der Waals surface area contributed by atoms with Crippen LogP contribution in [0.5, 0.6) is 5.75 Å². The van der Waals surface area contributed by atoms with E-state index in [9.17, 15) is 9.59 Å².